The standard InChI is InChI=1S/C24H23BrN2O2/c1-3-18-9-14-23(22(25)15-18)29-16-24(28)27-26-17(2)19-10-12-21(13-11-19)20-7-5-4-6-8-20/h4-15H,3,16H2,1-2H3,(H,27,28)/b26-17+. The lowest BCUT2D eigenvalue weighted by molar-refractivity contribution is -0.123. The summed E-state index contributed by atoms with van der Waals surface area (Å²) in [6.07, 6.45) is 0.944. The highest BCUT2D eigenvalue weighted by molar-refractivity contribution is 9.10. The summed E-state index contributed by atoms with van der Waals surface area (Å²) >= 11 is 3.47. The van der Waals surface area contributed by atoms with Crippen molar-refractivity contribution in [1.82, 2.24) is 5.43 Å². The average molecular weight is 451 g/mol. The molecule has 4 nitrogen and oxygen atoms in total. The van der Waals surface area contributed by atoms with Crippen molar-refractivity contribution in [2.75, 3.05) is 6.61 Å². The average Bonchev–Trinajstić information content (AvgIpc) is 2.77. The fourth-order valence-electron chi connectivity index (χ4n) is 2.80. The molecular formula is C24H23BrN2O2. The number of benzene rings is 3. The van der Waals surface area contributed by atoms with Crippen LogP contribution in [0.15, 0.2) is 82.4 Å². The Morgan fingerprint density at radius 2 is 1.69 bits per heavy atom. The van der Waals surface area contributed by atoms with Crippen molar-refractivity contribution in [1.29, 1.82) is 0 Å². The summed E-state index contributed by atoms with van der Waals surface area (Å²) in [5.74, 6) is 0.325. The van der Waals surface area contributed by atoms with E-state index >= 15 is 0 Å². The number of hydrazone groups is 1. The minimum absolute atomic E-state index is 0.103. The Morgan fingerprint density at radius 1 is 1.00 bits per heavy atom. The first-order valence-electron chi connectivity index (χ1n) is 9.47. The fourth-order valence-corrected chi connectivity index (χ4v) is 3.34. The summed E-state index contributed by atoms with van der Waals surface area (Å²) < 4.78 is 6.41. The summed E-state index contributed by atoms with van der Waals surface area (Å²) in [7, 11) is 0. The van der Waals surface area contributed by atoms with E-state index in [0.29, 0.717) is 5.75 Å². The van der Waals surface area contributed by atoms with Gasteiger partial charge in [-0.3, -0.25) is 4.79 Å². The van der Waals surface area contributed by atoms with Gasteiger partial charge in [-0.2, -0.15) is 5.10 Å². The van der Waals surface area contributed by atoms with Crippen LogP contribution in [0.1, 0.15) is 25.0 Å². The number of ether oxygens (including phenoxy) is 1. The zero-order valence-electron chi connectivity index (χ0n) is 16.5. The monoisotopic (exact) mass is 450 g/mol. The third-order valence-electron chi connectivity index (χ3n) is 4.52. The summed E-state index contributed by atoms with van der Waals surface area (Å²) in [4.78, 5) is 12.1. The van der Waals surface area contributed by atoms with Gasteiger partial charge in [0.25, 0.3) is 5.91 Å². The second-order valence-corrected chi connectivity index (χ2v) is 7.44. The molecule has 0 bridgehead atoms. The van der Waals surface area contributed by atoms with E-state index in [0.717, 1.165) is 33.3 Å². The molecule has 3 aromatic rings. The lowest BCUT2D eigenvalue weighted by Crippen LogP contribution is -2.25. The zero-order chi connectivity index (χ0) is 20.6. The van der Waals surface area contributed by atoms with Gasteiger partial charge in [0.2, 0.25) is 0 Å². The van der Waals surface area contributed by atoms with Gasteiger partial charge in [-0.15, -0.1) is 0 Å². The van der Waals surface area contributed by atoms with E-state index < -0.39 is 0 Å². The van der Waals surface area contributed by atoms with Gasteiger partial charge in [-0.1, -0.05) is 67.6 Å². The van der Waals surface area contributed by atoms with E-state index in [4.69, 9.17) is 4.74 Å². The SMILES string of the molecule is CCc1ccc(OCC(=O)N/N=C(\C)c2ccc(-c3ccccc3)cc2)c(Br)c1. The molecule has 3 aromatic carbocycles. The van der Waals surface area contributed by atoms with Gasteiger partial charge in [0.1, 0.15) is 5.75 Å². The maximum absolute atomic E-state index is 12.1. The lowest BCUT2D eigenvalue weighted by atomic mass is 10.0. The molecule has 29 heavy (non-hydrogen) atoms. The quantitative estimate of drug-likeness (QED) is 0.376. The van der Waals surface area contributed by atoms with Crippen molar-refractivity contribution in [3.8, 4) is 16.9 Å². The Bertz CT molecular complexity index is 999. The smallest absolute Gasteiger partial charge is 0.277 e. The molecule has 148 valence electrons. The van der Waals surface area contributed by atoms with Crippen molar-refractivity contribution in [3.05, 3.63) is 88.4 Å². The van der Waals surface area contributed by atoms with Crippen LogP contribution in [0.3, 0.4) is 0 Å². The Morgan fingerprint density at radius 3 is 2.34 bits per heavy atom. The molecular weight excluding hydrogens is 428 g/mol. The molecule has 0 atom stereocenters. The van der Waals surface area contributed by atoms with Crippen LogP contribution in [0.4, 0.5) is 0 Å². The molecule has 1 amide bonds. The number of hydrogen-bond acceptors (Lipinski definition) is 3. The number of aryl methyl sites for hydroxylation is 1. The minimum Gasteiger partial charge on any atom is -0.483 e. The summed E-state index contributed by atoms with van der Waals surface area (Å²) in [5.41, 5.74) is 7.73. The van der Waals surface area contributed by atoms with Crippen LogP contribution in [-0.2, 0) is 11.2 Å². The number of carbonyl (C=O) groups excluding carboxylic acids is 1. The maximum atomic E-state index is 12.1. The van der Waals surface area contributed by atoms with E-state index in [-0.39, 0.29) is 12.5 Å². The normalized spacial score (nSPS) is 11.2. The highest BCUT2D eigenvalue weighted by atomic mass is 79.9. The summed E-state index contributed by atoms with van der Waals surface area (Å²) in [5, 5.41) is 4.18. The number of hydrogen-bond donors (Lipinski definition) is 1. The molecule has 0 saturated carbocycles. The molecule has 0 aromatic heterocycles. The molecule has 0 saturated heterocycles. The van der Waals surface area contributed by atoms with Crippen LogP contribution in [0.25, 0.3) is 11.1 Å². The number of halogens is 1. The maximum Gasteiger partial charge on any atom is 0.277 e. The third kappa shape index (κ3) is 5.78. The van der Waals surface area contributed by atoms with E-state index in [9.17, 15) is 4.79 Å². The highest BCUT2D eigenvalue weighted by Gasteiger charge is 2.07. The Labute approximate surface area is 179 Å². The fraction of sp³-hybridized carbons (Fsp3) is 0.167. The largest absolute Gasteiger partial charge is 0.483 e. The van der Waals surface area contributed by atoms with Crippen molar-refractivity contribution >= 4 is 27.5 Å². The number of nitrogens with one attached hydrogen (secondary N) is 1. The Hall–Kier alpha value is -2.92. The Kier molecular flexibility index (Phi) is 7.19. The first-order chi connectivity index (χ1) is 14.1. The van der Waals surface area contributed by atoms with Crippen molar-refractivity contribution < 1.29 is 9.53 Å². The van der Waals surface area contributed by atoms with Crippen molar-refractivity contribution in [2.45, 2.75) is 20.3 Å². The van der Waals surface area contributed by atoms with Gasteiger partial charge in [-0.25, -0.2) is 5.43 Å². The van der Waals surface area contributed by atoms with Gasteiger partial charge in [-0.05, 0) is 63.7 Å². The molecule has 0 aliphatic heterocycles. The topological polar surface area (TPSA) is 50.7 Å². The lowest BCUT2D eigenvalue weighted by Gasteiger charge is -2.09. The summed E-state index contributed by atoms with van der Waals surface area (Å²) in [6.45, 7) is 3.85. The molecule has 0 aliphatic carbocycles. The van der Waals surface area contributed by atoms with Crippen molar-refractivity contribution in [2.24, 2.45) is 5.10 Å². The van der Waals surface area contributed by atoms with Gasteiger partial charge in [0, 0.05) is 0 Å². The predicted octanol–water partition coefficient (Wildman–Crippen LogP) is 5.60. The van der Waals surface area contributed by atoms with E-state index in [1.807, 2.05) is 67.6 Å². The summed E-state index contributed by atoms with van der Waals surface area (Å²) in [6, 6.07) is 24.1. The number of nitrogens with zero attached hydrogens (tertiary/aromatic N) is 1. The second-order valence-electron chi connectivity index (χ2n) is 6.58. The zero-order valence-corrected chi connectivity index (χ0v) is 18.1. The molecule has 1 N–H and O–H groups in total. The first kappa shape index (κ1) is 20.8. The van der Waals surface area contributed by atoms with Crippen LogP contribution < -0.4 is 10.2 Å². The van der Waals surface area contributed by atoms with Crippen LogP contribution in [0, 0.1) is 0 Å². The molecule has 0 fully saturated rings. The highest BCUT2D eigenvalue weighted by Crippen LogP contribution is 2.26. The number of rotatable bonds is 7. The van der Waals surface area contributed by atoms with E-state index in [1.165, 1.54) is 5.56 Å². The van der Waals surface area contributed by atoms with Crippen molar-refractivity contribution in [3.63, 3.8) is 0 Å². The molecule has 5 heteroatoms. The van der Waals surface area contributed by atoms with Gasteiger partial charge in [0.15, 0.2) is 6.61 Å². The Balaban J connectivity index is 1.55. The number of carbonyl (C=O) groups is 1. The molecule has 0 spiro atoms. The van der Waals surface area contributed by atoms with Crippen LogP contribution in [0.2, 0.25) is 0 Å². The van der Waals surface area contributed by atoms with Gasteiger partial charge >= 0.3 is 0 Å². The van der Waals surface area contributed by atoms with Crippen LogP contribution in [0.5, 0.6) is 5.75 Å². The van der Waals surface area contributed by atoms with E-state index in [1.54, 1.807) is 0 Å². The van der Waals surface area contributed by atoms with Crippen LogP contribution in [-0.4, -0.2) is 18.2 Å². The third-order valence-corrected chi connectivity index (χ3v) is 5.14. The number of amides is 1. The minimum atomic E-state index is -0.309. The second kappa shape index (κ2) is 10.0. The molecule has 3 rings (SSSR count). The van der Waals surface area contributed by atoms with E-state index in [2.05, 4.69) is 45.5 Å². The first-order valence-corrected chi connectivity index (χ1v) is 10.3. The predicted molar refractivity (Wildman–Crippen MR) is 121 cm³/mol. The molecule has 0 radical (unpaired) electrons. The molecule has 0 heterocycles. The van der Waals surface area contributed by atoms with Crippen LogP contribution >= 0.6 is 15.9 Å². The van der Waals surface area contributed by atoms with Gasteiger partial charge < -0.3 is 4.74 Å². The van der Waals surface area contributed by atoms with Gasteiger partial charge in [0.05, 0.1) is 10.2 Å². The molecule has 0 aliphatic rings. The molecule has 0 unspecified atom stereocenters.